The molecule has 9 heteroatoms. The van der Waals surface area contributed by atoms with E-state index in [4.69, 9.17) is 5.11 Å². The number of hydrogen-bond acceptors (Lipinski definition) is 6. The quantitative estimate of drug-likeness (QED) is 0.266. The molecule has 0 spiro atoms. The van der Waals surface area contributed by atoms with Crippen LogP contribution in [-0.2, 0) is 19.9 Å². The number of aliphatic hydroxyl groups is 1. The molecule has 0 aromatic carbocycles. The molecule has 0 saturated carbocycles. The fourth-order valence-corrected chi connectivity index (χ4v) is 1.49. The zero-order chi connectivity index (χ0) is 9.52. The van der Waals surface area contributed by atoms with Crippen LogP contribution in [0.1, 0.15) is 6.42 Å². The summed E-state index contributed by atoms with van der Waals surface area (Å²) < 4.78 is 30.2. The van der Waals surface area contributed by atoms with Gasteiger partial charge in [-0.15, -0.1) is 0 Å². The van der Waals surface area contributed by atoms with Gasteiger partial charge in [-0.1, -0.05) is 0 Å². The molecule has 1 atom stereocenters. The minimum atomic E-state index is -5.11. The summed E-state index contributed by atoms with van der Waals surface area (Å²) in [5.74, 6) is -2.57. The molecule has 7 nitrogen and oxygen atoms in total. The van der Waals surface area contributed by atoms with Crippen LogP contribution < -0.4 is 29.6 Å². The molecule has 0 aliphatic carbocycles. The van der Waals surface area contributed by atoms with E-state index in [0.717, 1.165) is 0 Å². The summed E-state index contributed by atoms with van der Waals surface area (Å²) in [6, 6.07) is 0. The maximum atomic E-state index is 10.6. The molecule has 1 saturated heterocycles. The van der Waals surface area contributed by atoms with Crippen LogP contribution in [0.15, 0.2) is 0 Å². The van der Waals surface area contributed by atoms with Crippen molar-refractivity contribution in [3.05, 3.63) is 0 Å². The number of imide groups is 1. The third-order valence-corrected chi connectivity index (χ3v) is 2.13. The Labute approximate surface area is 95.9 Å². The van der Waals surface area contributed by atoms with Crippen molar-refractivity contribution >= 4 is 22.1 Å². The molecule has 1 unspecified atom stereocenters. The third-order valence-electron chi connectivity index (χ3n) is 1.30. The van der Waals surface area contributed by atoms with Crippen LogP contribution >= 0.6 is 0 Å². The largest absolute Gasteiger partial charge is 1.00 e. The predicted octanol–water partition coefficient (Wildman–Crippen LogP) is -5.43. The van der Waals surface area contributed by atoms with Crippen molar-refractivity contribution in [2.24, 2.45) is 0 Å². The molecule has 1 fully saturated rings. The molecule has 1 rings (SSSR count). The summed E-state index contributed by atoms with van der Waals surface area (Å²) in [7, 11) is -5.11. The van der Waals surface area contributed by atoms with Crippen molar-refractivity contribution in [2.45, 2.75) is 12.5 Å². The summed E-state index contributed by atoms with van der Waals surface area (Å²) in [4.78, 5) is 21.2. The van der Waals surface area contributed by atoms with Gasteiger partial charge in [-0.05, 0) is 0 Å². The average molecular weight is 217 g/mol. The number of amides is 2. The van der Waals surface area contributed by atoms with Gasteiger partial charge in [-0.25, -0.2) is 8.42 Å². The molecule has 68 valence electrons. The first kappa shape index (κ1) is 13.0. The van der Waals surface area contributed by atoms with E-state index in [-0.39, 0.29) is 29.6 Å². The number of aliphatic hydroxyl groups excluding tert-OH is 1. The van der Waals surface area contributed by atoms with Gasteiger partial charge < -0.3 is 9.66 Å². The van der Waals surface area contributed by atoms with Gasteiger partial charge in [0, 0.05) is 0 Å². The van der Waals surface area contributed by atoms with Crippen LogP contribution in [0.3, 0.4) is 0 Å². The monoisotopic (exact) mass is 217 g/mol. The predicted molar refractivity (Wildman–Crippen MR) is 32.2 cm³/mol. The zero-order valence-electron chi connectivity index (χ0n) is 6.63. The summed E-state index contributed by atoms with van der Waals surface area (Å²) in [6.07, 6.45) is -2.36. The van der Waals surface area contributed by atoms with Gasteiger partial charge in [0.1, 0.15) is 6.10 Å². The van der Waals surface area contributed by atoms with Crippen molar-refractivity contribution < 1.29 is 57.2 Å². The Balaban J connectivity index is 0.00000144. The van der Waals surface area contributed by atoms with Gasteiger partial charge in [0.2, 0.25) is 5.91 Å². The summed E-state index contributed by atoms with van der Waals surface area (Å²) >= 11 is 0. The molecule has 0 bridgehead atoms. The van der Waals surface area contributed by atoms with E-state index in [1.165, 1.54) is 0 Å². The standard InChI is InChI=1S/C4H5NO6S.Na/c6-2-1-3(7)5(4(2)8)12(9,10)11;/h2,6H,1H2,(H,9,10,11);/q;+1/p-1. The Hall–Kier alpha value is 0.0100. The Morgan fingerprint density at radius 2 is 1.92 bits per heavy atom. The van der Waals surface area contributed by atoms with E-state index in [1.54, 1.807) is 0 Å². The average Bonchev–Trinajstić information content (AvgIpc) is 2.05. The van der Waals surface area contributed by atoms with Gasteiger partial charge in [-0.2, -0.15) is 4.31 Å². The van der Waals surface area contributed by atoms with E-state index in [9.17, 15) is 22.6 Å². The summed E-state index contributed by atoms with van der Waals surface area (Å²) in [5.41, 5.74) is 0. The second-order valence-electron chi connectivity index (χ2n) is 2.17. The minimum Gasteiger partial charge on any atom is -0.730 e. The first-order valence-corrected chi connectivity index (χ1v) is 4.21. The van der Waals surface area contributed by atoms with Crippen LogP contribution in [0, 0.1) is 0 Å². The second kappa shape index (κ2) is 4.03. The number of rotatable bonds is 1. The maximum Gasteiger partial charge on any atom is 1.00 e. The fraction of sp³-hybridized carbons (Fsp3) is 0.500. The van der Waals surface area contributed by atoms with Crippen molar-refractivity contribution in [3.8, 4) is 0 Å². The Kier molecular flexibility index (Phi) is 4.03. The molecule has 1 N–H and O–H groups in total. The SMILES string of the molecule is O=C1CC(O)C(=O)N1S(=O)(=O)[O-].[Na+]. The van der Waals surface area contributed by atoms with Crippen LogP contribution in [-0.4, -0.2) is 40.3 Å². The fourth-order valence-electron chi connectivity index (χ4n) is 0.829. The molecule has 1 aliphatic rings. The molecule has 1 heterocycles. The number of nitrogens with zero attached hydrogens (tertiary/aromatic N) is 1. The van der Waals surface area contributed by atoms with Crippen LogP contribution in [0.25, 0.3) is 0 Å². The zero-order valence-corrected chi connectivity index (χ0v) is 9.44. The van der Waals surface area contributed by atoms with Crippen molar-refractivity contribution in [2.75, 3.05) is 0 Å². The maximum absolute atomic E-state index is 10.6. The second-order valence-corrected chi connectivity index (χ2v) is 3.39. The summed E-state index contributed by atoms with van der Waals surface area (Å²) in [5, 5.41) is 8.69. The van der Waals surface area contributed by atoms with Gasteiger partial charge in [0.25, 0.3) is 5.91 Å². The van der Waals surface area contributed by atoms with Gasteiger partial charge in [0.15, 0.2) is 10.3 Å². The van der Waals surface area contributed by atoms with Gasteiger partial charge >= 0.3 is 29.6 Å². The molecular weight excluding hydrogens is 213 g/mol. The van der Waals surface area contributed by atoms with Crippen LogP contribution in [0.4, 0.5) is 0 Å². The van der Waals surface area contributed by atoms with E-state index >= 15 is 0 Å². The Morgan fingerprint density at radius 3 is 2.08 bits per heavy atom. The van der Waals surface area contributed by atoms with Crippen molar-refractivity contribution in [3.63, 3.8) is 0 Å². The number of carbonyl (C=O) groups excluding carboxylic acids is 2. The minimum absolute atomic E-state index is 0. The Bertz CT molecular complexity index is 337. The first-order valence-electron chi connectivity index (χ1n) is 2.85. The van der Waals surface area contributed by atoms with Crippen molar-refractivity contribution in [1.29, 1.82) is 0 Å². The first-order chi connectivity index (χ1) is 5.34. The normalized spacial score (nSPS) is 23.2. The molecule has 0 radical (unpaired) electrons. The van der Waals surface area contributed by atoms with Crippen LogP contribution in [0.5, 0.6) is 0 Å². The molecular formula is C4H4NNaO6S. The van der Waals surface area contributed by atoms with E-state index in [2.05, 4.69) is 0 Å². The topological polar surface area (TPSA) is 115 Å². The molecule has 0 aromatic heterocycles. The molecule has 1 aliphatic heterocycles. The molecule has 13 heavy (non-hydrogen) atoms. The van der Waals surface area contributed by atoms with Gasteiger partial charge in [0.05, 0.1) is 6.42 Å². The number of hydrogen-bond donors (Lipinski definition) is 1. The molecule has 2 amide bonds. The Morgan fingerprint density at radius 1 is 1.46 bits per heavy atom. The van der Waals surface area contributed by atoms with Crippen LogP contribution in [0.2, 0.25) is 0 Å². The summed E-state index contributed by atoms with van der Waals surface area (Å²) in [6.45, 7) is 0. The van der Waals surface area contributed by atoms with Gasteiger partial charge in [-0.3, -0.25) is 9.59 Å². The third kappa shape index (κ3) is 2.48. The van der Waals surface area contributed by atoms with E-state index < -0.39 is 38.9 Å². The smallest absolute Gasteiger partial charge is 0.730 e. The number of carbonyl (C=O) groups is 2. The van der Waals surface area contributed by atoms with Crippen molar-refractivity contribution in [1.82, 2.24) is 4.31 Å². The molecule has 0 aromatic rings. The van der Waals surface area contributed by atoms with E-state index in [0.29, 0.717) is 0 Å². The van der Waals surface area contributed by atoms with E-state index in [1.807, 2.05) is 0 Å².